The summed E-state index contributed by atoms with van der Waals surface area (Å²) >= 11 is 7.60. The number of amidine groups is 1. The zero-order valence-electron chi connectivity index (χ0n) is 13.4. The zero-order chi connectivity index (χ0) is 17.1. The van der Waals surface area contributed by atoms with E-state index in [1.807, 2.05) is 74.5 Å². The highest BCUT2D eigenvalue weighted by Crippen LogP contribution is 2.36. The number of carbonyl (C=O) groups is 1. The third kappa shape index (κ3) is 3.55. The minimum absolute atomic E-state index is 0.0782. The van der Waals surface area contributed by atoms with Crippen LogP contribution in [-0.2, 0) is 4.79 Å². The van der Waals surface area contributed by atoms with E-state index >= 15 is 0 Å². The first-order chi connectivity index (χ1) is 11.6. The Kier molecular flexibility index (Phi) is 5.07. The molecule has 0 aliphatic carbocycles. The van der Waals surface area contributed by atoms with Crippen molar-refractivity contribution in [2.45, 2.75) is 19.9 Å². The number of thioether (sulfide) groups is 1. The van der Waals surface area contributed by atoms with Crippen LogP contribution in [0.3, 0.4) is 0 Å². The van der Waals surface area contributed by atoms with Crippen LogP contribution in [0.1, 0.15) is 19.4 Å². The Labute approximate surface area is 151 Å². The lowest BCUT2D eigenvalue weighted by molar-refractivity contribution is -0.113. The number of para-hydroxylation sites is 1. The number of halogens is 1. The average Bonchev–Trinajstić information content (AvgIpc) is 2.85. The van der Waals surface area contributed by atoms with E-state index in [1.165, 1.54) is 11.8 Å². The van der Waals surface area contributed by atoms with Crippen LogP contribution >= 0.6 is 23.4 Å². The van der Waals surface area contributed by atoms with Crippen molar-refractivity contribution in [3.05, 3.63) is 70.1 Å². The molecule has 0 unspecified atom stereocenters. The largest absolute Gasteiger partial charge is 0.271 e. The first-order valence-electron chi connectivity index (χ1n) is 7.67. The van der Waals surface area contributed by atoms with Crippen molar-refractivity contribution >= 4 is 46.2 Å². The van der Waals surface area contributed by atoms with Gasteiger partial charge in [0.2, 0.25) is 0 Å². The minimum Gasteiger partial charge on any atom is -0.268 e. The number of hydrogen-bond donors (Lipinski definition) is 0. The highest BCUT2D eigenvalue weighted by Gasteiger charge is 2.34. The smallest absolute Gasteiger partial charge is 0.268 e. The first kappa shape index (κ1) is 16.8. The molecule has 3 nitrogen and oxygen atoms in total. The molecule has 0 radical (unpaired) electrons. The quantitative estimate of drug-likeness (QED) is 0.706. The van der Waals surface area contributed by atoms with Gasteiger partial charge in [-0.25, -0.2) is 0 Å². The van der Waals surface area contributed by atoms with Gasteiger partial charge in [0.1, 0.15) is 0 Å². The number of anilines is 1. The van der Waals surface area contributed by atoms with E-state index in [-0.39, 0.29) is 11.9 Å². The molecule has 1 fully saturated rings. The summed E-state index contributed by atoms with van der Waals surface area (Å²) in [5.41, 5.74) is 1.64. The SMILES string of the molecule is CC(C)N=C1S/C(=C\c2ccccc2Cl)C(=O)N1c1ccccc1. The first-order valence-corrected chi connectivity index (χ1v) is 8.87. The molecule has 5 heteroatoms. The van der Waals surface area contributed by atoms with Gasteiger partial charge in [0.05, 0.1) is 10.6 Å². The van der Waals surface area contributed by atoms with Crippen LogP contribution < -0.4 is 4.90 Å². The van der Waals surface area contributed by atoms with Crippen molar-refractivity contribution in [1.82, 2.24) is 0 Å². The standard InChI is InChI=1S/C19H17ClN2OS/c1-13(2)21-19-22(15-9-4-3-5-10-15)18(23)17(24-19)12-14-8-6-7-11-16(14)20/h3-13H,1-2H3/b17-12-,21-19?. The van der Waals surface area contributed by atoms with Gasteiger partial charge >= 0.3 is 0 Å². The van der Waals surface area contributed by atoms with E-state index in [9.17, 15) is 4.79 Å². The Morgan fingerprint density at radius 3 is 2.42 bits per heavy atom. The number of carbonyl (C=O) groups excluding carboxylic acids is 1. The van der Waals surface area contributed by atoms with Gasteiger partial charge in [-0.05, 0) is 55.4 Å². The predicted molar refractivity (Wildman–Crippen MR) is 104 cm³/mol. The molecule has 1 heterocycles. The lowest BCUT2D eigenvalue weighted by Gasteiger charge is -2.16. The molecule has 24 heavy (non-hydrogen) atoms. The van der Waals surface area contributed by atoms with E-state index in [1.54, 1.807) is 4.90 Å². The molecule has 1 aliphatic heterocycles. The normalized spacial score (nSPS) is 18.2. The Hall–Kier alpha value is -2.04. The molecule has 1 saturated heterocycles. The fourth-order valence-electron chi connectivity index (χ4n) is 2.32. The van der Waals surface area contributed by atoms with Crippen molar-refractivity contribution < 1.29 is 4.79 Å². The van der Waals surface area contributed by atoms with Gasteiger partial charge < -0.3 is 0 Å². The molecule has 0 bridgehead atoms. The van der Waals surface area contributed by atoms with Crippen molar-refractivity contribution in [1.29, 1.82) is 0 Å². The molecule has 0 N–H and O–H groups in total. The van der Waals surface area contributed by atoms with Crippen LogP contribution in [0.5, 0.6) is 0 Å². The van der Waals surface area contributed by atoms with E-state index in [4.69, 9.17) is 11.6 Å². The molecule has 0 aromatic heterocycles. The highest BCUT2D eigenvalue weighted by atomic mass is 35.5. The summed E-state index contributed by atoms with van der Waals surface area (Å²) in [6.07, 6.45) is 1.83. The van der Waals surface area contributed by atoms with Gasteiger partial charge in [0.25, 0.3) is 5.91 Å². The second kappa shape index (κ2) is 7.24. The number of amides is 1. The highest BCUT2D eigenvalue weighted by molar-refractivity contribution is 8.19. The Balaban J connectivity index is 2.03. The minimum atomic E-state index is -0.0782. The number of nitrogens with zero attached hydrogens (tertiary/aromatic N) is 2. The molecule has 2 aromatic carbocycles. The molecular formula is C19H17ClN2OS. The van der Waals surface area contributed by atoms with Gasteiger partial charge in [-0.15, -0.1) is 0 Å². The number of aliphatic imine (C=N–C) groups is 1. The maximum absolute atomic E-state index is 12.9. The number of rotatable bonds is 3. The number of hydrogen-bond acceptors (Lipinski definition) is 3. The lowest BCUT2D eigenvalue weighted by atomic mass is 10.2. The van der Waals surface area contributed by atoms with E-state index < -0.39 is 0 Å². The third-order valence-corrected chi connectivity index (χ3v) is 4.71. The van der Waals surface area contributed by atoms with E-state index in [0.29, 0.717) is 15.1 Å². The van der Waals surface area contributed by atoms with Crippen molar-refractivity contribution in [2.75, 3.05) is 4.90 Å². The van der Waals surface area contributed by atoms with Gasteiger partial charge in [-0.1, -0.05) is 48.0 Å². The number of benzene rings is 2. The van der Waals surface area contributed by atoms with Crippen LogP contribution in [0.4, 0.5) is 5.69 Å². The van der Waals surface area contributed by atoms with Crippen molar-refractivity contribution in [3.63, 3.8) is 0 Å². The average molecular weight is 357 g/mol. The van der Waals surface area contributed by atoms with Crippen molar-refractivity contribution in [3.8, 4) is 0 Å². The van der Waals surface area contributed by atoms with Crippen LogP contribution in [0.25, 0.3) is 6.08 Å². The summed E-state index contributed by atoms with van der Waals surface area (Å²) in [5, 5.41) is 1.32. The van der Waals surface area contributed by atoms with Crippen molar-refractivity contribution in [2.24, 2.45) is 4.99 Å². The fourth-order valence-corrected chi connectivity index (χ4v) is 3.61. The summed E-state index contributed by atoms with van der Waals surface area (Å²) in [4.78, 5) is 19.8. The van der Waals surface area contributed by atoms with Gasteiger partial charge in [0, 0.05) is 11.1 Å². The molecule has 0 saturated carbocycles. The molecule has 3 rings (SSSR count). The molecule has 1 amide bonds. The Morgan fingerprint density at radius 1 is 1.08 bits per heavy atom. The summed E-state index contributed by atoms with van der Waals surface area (Å²) in [6.45, 7) is 3.99. The summed E-state index contributed by atoms with van der Waals surface area (Å²) in [5.74, 6) is -0.0782. The van der Waals surface area contributed by atoms with Crippen LogP contribution in [-0.4, -0.2) is 17.1 Å². The molecule has 0 atom stereocenters. The maximum Gasteiger partial charge on any atom is 0.271 e. The molecule has 122 valence electrons. The summed E-state index contributed by atoms with van der Waals surface area (Å²) < 4.78 is 0. The van der Waals surface area contributed by atoms with Gasteiger partial charge in [-0.2, -0.15) is 0 Å². The lowest BCUT2D eigenvalue weighted by Crippen LogP contribution is -2.29. The summed E-state index contributed by atoms with van der Waals surface area (Å²) in [7, 11) is 0. The van der Waals surface area contributed by atoms with Crippen LogP contribution in [0.15, 0.2) is 64.5 Å². The predicted octanol–water partition coefficient (Wildman–Crippen LogP) is 5.23. The fraction of sp³-hybridized carbons (Fsp3) is 0.158. The second-order valence-corrected chi connectivity index (χ2v) is 7.03. The second-order valence-electron chi connectivity index (χ2n) is 5.61. The molecule has 2 aromatic rings. The van der Waals surface area contributed by atoms with Crippen LogP contribution in [0.2, 0.25) is 5.02 Å². The zero-order valence-corrected chi connectivity index (χ0v) is 15.0. The topological polar surface area (TPSA) is 32.7 Å². The molecule has 0 spiro atoms. The van der Waals surface area contributed by atoms with Crippen LogP contribution in [0, 0.1) is 0 Å². The monoisotopic (exact) mass is 356 g/mol. The molecule has 1 aliphatic rings. The Bertz CT molecular complexity index is 815. The van der Waals surface area contributed by atoms with Gasteiger partial charge in [-0.3, -0.25) is 14.7 Å². The third-order valence-electron chi connectivity index (χ3n) is 3.38. The van der Waals surface area contributed by atoms with E-state index in [2.05, 4.69) is 4.99 Å². The molecular weight excluding hydrogens is 340 g/mol. The maximum atomic E-state index is 12.9. The van der Waals surface area contributed by atoms with E-state index in [0.717, 1.165) is 11.3 Å². The summed E-state index contributed by atoms with van der Waals surface area (Å²) in [6, 6.07) is 17.2. The van der Waals surface area contributed by atoms with Gasteiger partial charge in [0.15, 0.2) is 5.17 Å². The Morgan fingerprint density at radius 2 is 1.75 bits per heavy atom.